The Morgan fingerprint density at radius 2 is 1.64 bits per heavy atom. The first-order valence-corrected chi connectivity index (χ1v) is 11.2. The van der Waals surface area contributed by atoms with Crippen molar-refractivity contribution in [2.24, 2.45) is 0 Å². The lowest BCUT2D eigenvalue weighted by Gasteiger charge is -2.16. The average molecular weight is 482 g/mol. The SMILES string of the molecule is COc1ccc(-n2c(-c3ccncc3)nn(CN(C)CCOc3ccc(Cl)cc3)c2=S)cc1. The Morgan fingerprint density at radius 3 is 2.30 bits per heavy atom. The van der Waals surface area contributed by atoms with Crippen molar-refractivity contribution in [3.05, 3.63) is 82.9 Å². The molecule has 0 aliphatic rings. The fourth-order valence-electron chi connectivity index (χ4n) is 3.30. The lowest BCUT2D eigenvalue weighted by Crippen LogP contribution is -2.27. The van der Waals surface area contributed by atoms with Crippen LogP contribution in [-0.2, 0) is 6.67 Å². The van der Waals surface area contributed by atoms with Gasteiger partial charge in [0.1, 0.15) is 18.1 Å². The van der Waals surface area contributed by atoms with E-state index in [1.165, 1.54) is 0 Å². The van der Waals surface area contributed by atoms with E-state index in [9.17, 15) is 0 Å². The molecule has 0 bridgehead atoms. The summed E-state index contributed by atoms with van der Waals surface area (Å²) in [6.07, 6.45) is 3.49. The van der Waals surface area contributed by atoms with Crippen LogP contribution in [0.1, 0.15) is 0 Å². The summed E-state index contributed by atoms with van der Waals surface area (Å²) in [7, 11) is 3.65. The van der Waals surface area contributed by atoms with Gasteiger partial charge in [-0.2, -0.15) is 0 Å². The maximum atomic E-state index is 5.92. The van der Waals surface area contributed by atoms with Crippen LogP contribution in [0.25, 0.3) is 17.1 Å². The number of hydrogen-bond acceptors (Lipinski definition) is 6. The zero-order valence-electron chi connectivity index (χ0n) is 18.4. The molecule has 170 valence electrons. The van der Waals surface area contributed by atoms with Crippen LogP contribution in [0.4, 0.5) is 0 Å². The van der Waals surface area contributed by atoms with Gasteiger partial charge in [-0.05, 0) is 79.9 Å². The minimum atomic E-state index is 0.518. The molecule has 0 amide bonds. The molecule has 33 heavy (non-hydrogen) atoms. The first kappa shape index (κ1) is 23.0. The van der Waals surface area contributed by atoms with Gasteiger partial charge in [-0.3, -0.25) is 14.5 Å². The van der Waals surface area contributed by atoms with E-state index in [2.05, 4.69) is 9.88 Å². The van der Waals surface area contributed by atoms with E-state index in [-0.39, 0.29) is 0 Å². The summed E-state index contributed by atoms with van der Waals surface area (Å²) < 4.78 is 15.5. The number of methoxy groups -OCH3 is 1. The van der Waals surface area contributed by atoms with Crippen LogP contribution in [0.3, 0.4) is 0 Å². The molecule has 4 aromatic rings. The average Bonchev–Trinajstić information content (AvgIpc) is 3.16. The molecule has 0 saturated carbocycles. The molecule has 0 radical (unpaired) electrons. The van der Waals surface area contributed by atoms with Crippen LogP contribution >= 0.6 is 23.8 Å². The molecule has 0 N–H and O–H groups in total. The molecule has 0 unspecified atom stereocenters. The Hall–Kier alpha value is -3.20. The van der Waals surface area contributed by atoms with Crippen molar-refractivity contribution in [2.45, 2.75) is 6.67 Å². The summed E-state index contributed by atoms with van der Waals surface area (Å²) >= 11 is 11.7. The first-order chi connectivity index (χ1) is 16.0. The van der Waals surface area contributed by atoms with E-state index >= 15 is 0 Å². The lowest BCUT2D eigenvalue weighted by atomic mass is 10.2. The number of hydrogen-bond donors (Lipinski definition) is 0. The van der Waals surface area contributed by atoms with Crippen LogP contribution < -0.4 is 9.47 Å². The van der Waals surface area contributed by atoms with E-state index < -0.39 is 0 Å². The van der Waals surface area contributed by atoms with Gasteiger partial charge in [0.05, 0.1) is 19.5 Å². The van der Waals surface area contributed by atoms with Crippen LogP contribution in [0.15, 0.2) is 73.1 Å². The predicted molar refractivity (Wildman–Crippen MR) is 132 cm³/mol. The number of rotatable bonds is 9. The summed E-state index contributed by atoms with van der Waals surface area (Å²) in [5.41, 5.74) is 1.84. The first-order valence-electron chi connectivity index (χ1n) is 10.4. The monoisotopic (exact) mass is 481 g/mol. The third kappa shape index (κ3) is 5.60. The predicted octanol–water partition coefficient (Wildman–Crippen LogP) is 5.10. The molecule has 7 nitrogen and oxygen atoms in total. The summed E-state index contributed by atoms with van der Waals surface area (Å²) in [4.78, 5) is 6.23. The fraction of sp³-hybridized carbons (Fsp3) is 0.208. The second kappa shape index (κ2) is 10.6. The van der Waals surface area contributed by atoms with Gasteiger partial charge in [-0.15, -0.1) is 5.10 Å². The van der Waals surface area contributed by atoms with Crippen molar-refractivity contribution in [3.8, 4) is 28.6 Å². The van der Waals surface area contributed by atoms with Crippen molar-refractivity contribution in [1.29, 1.82) is 0 Å². The van der Waals surface area contributed by atoms with Gasteiger partial charge in [0.15, 0.2) is 5.82 Å². The highest BCUT2D eigenvalue weighted by Gasteiger charge is 2.15. The van der Waals surface area contributed by atoms with Crippen LogP contribution in [0.2, 0.25) is 5.02 Å². The maximum Gasteiger partial charge on any atom is 0.204 e. The van der Waals surface area contributed by atoms with Gasteiger partial charge >= 0.3 is 0 Å². The number of ether oxygens (including phenoxy) is 2. The third-order valence-electron chi connectivity index (χ3n) is 5.04. The van der Waals surface area contributed by atoms with Crippen molar-refractivity contribution in [1.82, 2.24) is 24.2 Å². The van der Waals surface area contributed by atoms with E-state index in [1.54, 1.807) is 19.5 Å². The molecule has 0 spiro atoms. The summed E-state index contributed by atoms with van der Waals surface area (Å²) in [5.74, 6) is 2.31. The molecular weight excluding hydrogens is 458 g/mol. The molecule has 0 saturated heterocycles. The Kier molecular flexibility index (Phi) is 7.39. The van der Waals surface area contributed by atoms with Gasteiger partial charge < -0.3 is 9.47 Å². The number of benzene rings is 2. The topological polar surface area (TPSA) is 57.3 Å². The normalized spacial score (nSPS) is 11.0. The molecule has 2 aromatic heterocycles. The Labute approximate surface area is 202 Å². The number of halogens is 1. The highest BCUT2D eigenvalue weighted by atomic mass is 35.5. The molecular formula is C24H24ClN5O2S. The van der Waals surface area contributed by atoms with Crippen molar-refractivity contribution >= 4 is 23.8 Å². The van der Waals surface area contributed by atoms with Crippen LogP contribution in [0.5, 0.6) is 11.5 Å². The van der Waals surface area contributed by atoms with Crippen LogP contribution in [-0.4, -0.2) is 51.5 Å². The second-order valence-corrected chi connectivity index (χ2v) is 8.20. The summed E-state index contributed by atoms with van der Waals surface area (Å²) in [6.45, 7) is 1.75. The zero-order chi connectivity index (χ0) is 23.2. The summed E-state index contributed by atoms with van der Waals surface area (Å²) in [5, 5.41) is 5.52. The zero-order valence-corrected chi connectivity index (χ0v) is 20.0. The Morgan fingerprint density at radius 1 is 0.970 bits per heavy atom. The minimum absolute atomic E-state index is 0.518. The standard InChI is InChI=1S/C24H24ClN5O2S/c1-28(15-16-32-22-7-3-19(25)4-8-22)17-29-24(33)30(20-5-9-21(31-2)10-6-20)23(27-29)18-11-13-26-14-12-18/h3-14H,15-17H2,1-2H3. The van der Waals surface area contributed by atoms with Gasteiger partial charge in [0.2, 0.25) is 4.77 Å². The molecule has 0 aliphatic heterocycles. The minimum Gasteiger partial charge on any atom is -0.497 e. The Bertz CT molecular complexity index is 1240. The molecule has 2 aromatic carbocycles. The van der Waals surface area contributed by atoms with E-state index in [1.807, 2.05) is 77.0 Å². The highest BCUT2D eigenvalue weighted by Crippen LogP contribution is 2.24. The lowest BCUT2D eigenvalue weighted by molar-refractivity contribution is 0.198. The van der Waals surface area contributed by atoms with Crippen molar-refractivity contribution < 1.29 is 9.47 Å². The van der Waals surface area contributed by atoms with E-state index in [0.29, 0.717) is 29.6 Å². The van der Waals surface area contributed by atoms with Crippen molar-refractivity contribution in [2.75, 3.05) is 27.3 Å². The molecule has 4 rings (SSSR count). The highest BCUT2D eigenvalue weighted by molar-refractivity contribution is 7.71. The molecule has 2 heterocycles. The number of nitrogens with zero attached hydrogens (tertiary/aromatic N) is 5. The molecule has 0 atom stereocenters. The van der Waals surface area contributed by atoms with E-state index in [0.717, 1.165) is 28.6 Å². The number of pyridine rings is 1. The van der Waals surface area contributed by atoms with Crippen LogP contribution in [0, 0.1) is 4.77 Å². The van der Waals surface area contributed by atoms with Gasteiger partial charge in [0, 0.05) is 29.5 Å². The molecule has 0 aliphatic carbocycles. The van der Waals surface area contributed by atoms with Gasteiger partial charge in [0.25, 0.3) is 0 Å². The number of aromatic nitrogens is 4. The molecule has 9 heteroatoms. The van der Waals surface area contributed by atoms with Crippen molar-refractivity contribution in [3.63, 3.8) is 0 Å². The van der Waals surface area contributed by atoms with E-state index in [4.69, 9.17) is 38.4 Å². The summed E-state index contributed by atoms with van der Waals surface area (Å²) in [6, 6.07) is 18.9. The maximum absolute atomic E-state index is 5.92. The second-order valence-electron chi connectivity index (χ2n) is 7.40. The molecule has 0 fully saturated rings. The number of likely N-dealkylation sites (N-methyl/N-ethyl adjacent to an activating group) is 1. The third-order valence-corrected chi connectivity index (χ3v) is 5.68. The largest absolute Gasteiger partial charge is 0.497 e. The Balaban J connectivity index is 1.54. The smallest absolute Gasteiger partial charge is 0.204 e. The van der Waals surface area contributed by atoms with Gasteiger partial charge in [-0.1, -0.05) is 11.6 Å². The van der Waals surface area contributed by atoms with Gasteiger partial charge in [-0.25, -0.2) is 4.68 Å². The fourth-order valence-corrected chi connectivity index (χ4v) is 3.72. The quantitative estimate of drug-likeness (QED) is 0.310.